The average Bonchev–Trinajstić information content (AvgIpc) is 3.14. The van der Waals surface area contributed by atoms with Crippen LogP contribution in [0.2, 0.25) is 5.02 Å². The molecule has 1 N–H and O–H groups in total. The largest absolute Gasteiger partial charge is 0.487 e. The number of hydrogen-bond acceptors (Lipinski definition) is 5. The number of nitrogens with one attached hydrogen (secondary N) is 1. The van der Waals surface area contributed by atoms with Crippen molar-refractivity contribution in [2.24, 2.45) is 10.1 Å². The molecular formula is C22H18ClFN4O2S. The highest BCUT2D eigenvalue weighted by molar-refractivity contribution is 8.26. The summed E-state index contributed by atoms with van der Waals surface area (Å²) >= 11 is 7.64. The molecule has 9 heteroatoms. The first-order valence-electron chi connectivity index (χ1n) is 9.61. The Morgan fingerprint density at radius 1 is 1.29 bits per heavy atom. The zero-order valence-electron chi connectivity index (χ0n) is 16.6. The second-order valence-electron chi connectivity index (χ2n) is 6.83. The first-order valence-corrected chi connectivity index (χ1v) is 10.8. The molecule has 1 amide bonds. The molecule has 158 valence electrons. The maximum Gasteiger partial charge on any atom is 0.283 e. The van der Waals surface area contributed by atoms with Crippen LogP contribution in [0, 0.1) is 11.2 Å². The summed E-state index contributed by atoms with van der Waals surface area (Å²) in [6.45, 7) is 2.08. The molecule has 0 spiro atoms. The van der Waals surface area contributed by atoms with Gasteiger partial charge in [-0.05, 0) is 54.4 Å². The number of ether oxygens (including phenoxy) is 1. The topological polar surface area (TPSA) is 78.1 Å². The van der Waals surface area contributed by atoms with E-state index in [2.05, 4.69) is 10.1 Å². The van der Waals surface area contributed by atoms with Crippen molar-refractivity contribution in [1.82, 2.24) is 5.01 Å². The summed E-state index contributed by atoms with van der Waals surface area (Å²) in [6, 6.07) is 11.3. The van der Waals surface area contributed by atoms with Crippen molar-refractivity contribution in [3.8, 4) is 5.75 Å². The van der Waals surface area contributed by atoms with E-state index in [-0.39, 0.29) is 23.8 Å². The van der Waals surface area contributed by atoms with Crippen molar-refractivity contribution in [2.45, 2.75) is 26.4 Å². The van der Waals surface area contributed by atoms with E-state index in [4.69, 9.17) is 21.7 Å². The van der Waals surface area contributed by atoms with Crippen molar-refractivity contribution < 1.29 is 13.9 Å². The van der Waals surface area contributed by atoms with Crippen LogP contribution in [0.25, 0.3) is 6.08 Å². The number of carbonyl (C=O) groups excluding carboxylic acids is 1. The van der Waals surface area contributed by atoms with E-state index >= 15 is 0 Å². The van der Waals surface area contributed by atoms with Gasteiger partial charge < -0.3 is 4.74 Å². The molecule has 0 bridgehead atoms. The van der Waals surface area contributed by atoms with Crippen LogP contribution in [-0.2, 0) is 11.4 Å². The van der Waals surface area contributed by atoms with Crippen LogP contribution >= 0.6 is 23.4 Å². The van der Waals surface area contributed by atoms with E-state index in [0.717, 1.165) is 17.9 Å². The predicted molar refractivity (Wildman–Crippen MR) is 122 cm³/mol. The van der Waals surface area contributed by atoms with Crippen LogP contribution in [0.15, 0.2) is 58.1 Å². The molecule has 4 rings (SSSR count). The van der Waals surface area contributed by atoms with Gasteiger partial charge >= 0.3 is 0 Å². The fourth-order valence-electron chi connectivity index (χ4n) is 3.01. The highest BCUT2D eigenvalue weighted by Gasteiger charge is 2.35. The lowest BCUT2D eigenvalue weighted by atomic mass is 10.1. The fraction of sp³-hybridized carbons (Fsp3) is 0.182. The normalized spacial score (nSPS) is 17.0. The lowest BCUT2D eigenvalue weighted by Crippen LogP contribution is -2.35. The van der Waals surface area contributed by atoms with Gasteiger partial charge in [0.1, 0.15) is 23.2 Å². The van der Waals surface area contributed by atoms with Gasteiger partial charge in [-0.1, -0.05) is 42.8 Å². The lowest BCUT2D eigenvalue weighted by molar-refractivity contribution is -0.114. The lowest BCUT2D eigenvalue weighted by Gasteiger charge is -2.20. The Kier molecular flexibility index (Phi) is 6.20. The van der Waals surface area contributed by atoms with Crippen LogP contribution in [0.3, 0.4) is 0 Å². The number of nitrogens with zero attached hydrogens (tertiary/aromatic N) is 3. The quantitative estimate of drug-likeness (QED) is 0.584. The molecule has 0 atom stereocenters. The van der Waals surface area contributed by atoms with Gasteiger partial charge in [0.05, 0.1) is 10.6 Å². The van der Waals surface area contributed by atoms with E-state index in [9.17, 15) is 9.18 Å². The van der Waals surface area contributed by atoms with Gasteiger partial charge in [-0.3, -0.25) is 10.2 Å². The standard InChI is InChI=1S/C22H18ClFN4O2S/c1-2-5-19-27-28-20(25)15(21(29)26-22(28)31-19)10-13-8-9-18(16(23)11-13)30-12-14-6-3-4-7-17(14)24/h3-4,6-11,25H,2,5,12H2,1H3. The Hall–Kier alpha value is -2.97. The summed E-state index contributed by atoms with van der Waals surface area (Å²) in [5.41, 5.74) is 1.16. The minimum Gasteiger partial charge on any atom is -0.487 e. The van der Waals surface area contributed by atoms with Gasteiger partial charge in [0.2, 0.25) is 5.17 Å². The molecule has 0 fully saturated rings. The molecule has 2 aliphatic rings. The van der Waals surface area contributed by atoms with Crippen LogP contribution < -0.4 is 4.74 Å². The molecule has 2 aromatic rings. The Labute approximate surface area is 188 Å². The number of hydrazone groups is 1. The first-order chi connectivity index (χ1) is 15.0. The third kappa shape index (κ3) is 4.55. The first kappa shape index (κ1) is 21.3. The van der Waals surface area contributed by atoms with Gasteiger partial charge in [0.15, 0.2) is 5.84 Å². The van der Waals surface area contributed by atoms with Crippen LogP contribution in [-0.4, -0.2) is 27.0 Å². The van der Waals surface area contributed by atoms with E-state index in [1.807, 2.05) is 6.92 Å². The van der Waals surface area contributed by atoms with E-state index in [1.54, 1.807) is 42.5 Å². The second-order valence-corrected chi connectivity index (χ2v) is 8.28. The van der Waals surface area contributed by atoms with Gasteiger partial charge in [-0.25, -0.2) is 4.39 Å². The van der Waals surface area contributed by atoms with Gasteiger partial charge in [0.25, 0.3) is 5.91 Å². The van der Waals surface area contributed by atoms with Crippen molar-refractivity contribution in [3.63, 3.8) is 0 Å². The van der Waals surface area contributed by atoms with E-state index in [1.165, 1.54) is 22.8 Å². The molecule has 0 aliphatic carbocycles. The van der Waals surface area contributed by atoms with Crippen molar-refractivity contribution in [3.05, 3.63) is 70.0 Å². The molecule has 2 heterocycles. The number of rotatable bonds is 6. The van der Waals surface area contributed by atoms with Crippen molar-refractivity contribution in [2.75, 3.05) is 0 Å². The number of aliphatic imine (C=N–C) groups is 1. The molecule has 2 aliphatic heterocycles. The van der Waals surface area contributed by atoms with Gasteiger partial charge in [-0.2, -0.15) is 15.1 Å². The maximum absolute atomic E-state index is 13.8. The highest BCUT2D eigenvalue weighted by Crippen LogP contribution is 2.31. The number of carbonyl (C=O) groups is 1. The van der Waals surface area contributed by atoms with Crippen molar-refractivity contribution in [1.29, 1.82) is 5.41 Å². The minimum atomic E-state index is -0.493. The average molecular weight is 457 g/mol. The number of amides is 1. The molecule has 0 aromatic heterocycles. The minimum absolute atomic E-state index is 0.0235. The van der Waals surface area contributed by atoms with E-state index in [0.29, 0.717) is 27.1 Å². The molecule has 0 radical (unpaired) electrons. The molecule has 31 heavy (non-hydrogen) atoms. The molecule has 0 saturated carbocycles. The van der Waals surface area contributed by atoms with E-state index < -0.39 is 5.91 Å². The zero-order valence-corrected chi connectivity index (χ0v) is 18.1. The predicted octanol–water partition coefficient (Wildman–Crippen LogP) is 5.48. The molecule has 6 nitrogen and oxygen atoms in total. The monoisotopic (exact) mass is 456 g/mol. The summed E-state index contributed by atoms with van der Waals surface area (Å²) in [5.74, 6) is -0.474. The Bertz CT molecular complexity index is 1160. The van der Waals surface area contributed by atoms with Crippen LogP contribution in [0.1, 0.15) is 30.9 Å². The number of thioether (sulfide) groups is 1. The summed E-state index contributed by atoms with van der Waals surface area (Å²) < 4.78 is 19.4. The Balaban J connectivity index is 1.52. The Morgan fingerprint density at radius 3 is 2.84 bits per heavy atom. The smallest absolute Gasteiger partial charge is 0.283 e. The fourth-order valence-corrected chi connectivity index (χ4v) is 4.24. The Morgan fingerprint density at radius 2 is 2.10 bits per heavy atom. The number of hydrogen-bond donors (Lipinski definition) is 1. The van der Waals surface area contributed by atoms with Crippen LogP contribution in [0.4, 0.5) is 4.39 Å². The van der Waals surface area contributed by atoms with Crippen molar-refractivity contribution >= 4 is 51.4 Å². The second kappa shape index (κ2) is 9.03. The maximum atomic E-state index is 13.8. The number of fused-ring (bicyclic) bond motifs is 1. The molecule has 0 saturated heterocycles. The zero-order chi connectivity index (χ0) is 22.0. The number of amidine groups is 2. The number of benzene rings is 2. The third-order valence-electron chi connectivity index (χ3n) is 4.57. The summed E-state index contributed by atoms with van der Waals surface area (Å²) in [5, 5.41) is 15.7. The highest BCUT2D eigenvalue weighted by atomic mass is 35.5. The molecular weight excluding hydrogens is 439 g/mol. The summed E-state index contributed by atoms with van der Waals surface area (Å²) in [4.78, 5) is 16.5. The summed E-state index contributed by atoms with van der Waals surface area (Å²) in [7, 11) is 0. The summed E-state index contributed by atoms with van der Waals surface area (Å²) in [6.07, 6.45) is 3.24. The molecule has 0 unspecified atom stereocenters. The third-order valence-corrected chi connectivity index (χ3v) is 5.83. The van der Waals surface area contributed by atoms with Gasteiger partial charge in [0, 0.05) is 5.56 Å². The SMILES string of the molecule is CCCC1=NN2C(=N)C(=Cc3ccc(OCc4ccccc4F)c(Cl)c3)C(=O)N=C2S1. The molecule has 2 aromatic carbocycles. The number of halogens is 2. The van der Waals surface area contributed by atoms with Crippen LogP contribution in [0.5, 0.6) is 5.75 Å². The van der Waals surface area contributed by atoms with Gasteiger partial charge in [-0.15, -0.1) is 0 Å².